The van der Waals surface area contributed by atoms with Gasteiger partial charge in [-0.1, -0.05) is 0 Å². The molecule has 0 unspecified atom stereocenters. The molecule has 0 saturated heterocycles. The third-order valence-corrected chi connectivity index (χ3v) is 1.10. The topological polar surface area (TPSA) is 69.9 Å². The molecule has 0 aliphatic heterocycles. The average Bonchev–Trinajstić information content (AvgIpc) is 1.90. The molecular formula is C5H16Na4O4. The van der Waals surface area contributed by atoms with Crippen LogP contribution in [0.3, 0.4) is 0 Å². The van der Waals surface area contributed by atoms with E-state index in [1.807, 2.05) is 0 Å². The molecule has 64 valence electrons. The van der Waals surface area contributed by atoms with Gasteiger partial charge in [0.15, 0.2) is 0 Å². The van der Waals surface area contributed by atoms with Crippen molar-refractivity contribution in [3.8, 4) is 0 Å². The number of aliphatic hydroxyl groups excluding tert-OH is 3. The minimum atomic E-state index is -0.986. The Labute approximate surface area is 173 Å². The Hall–Kier alpha value is 3.84. The zero-order valence-corrected chi connectivity index (χ0v) is 17.3. The molecule has 0 saturated carbocycles. The third kappa shape index (κ3) is 15.8. The van der Waals surface area contributed by atoms with Crippen LogP contribution < -0.4 is 118 Å². The molecule has 8 heteroatoms. The summed E-state index contributed by atoms with van der Waals surface area (Å²) in [4.78, 5) is 0. The fraction of sp³-hybridized carbons (Fsp3) is 1.00. The maximum absolute atomic E-state index is 8.78. The molecule has 0 aliphatic rings. The molecule has 0 aromatic rings. The average molecular weight is 232 g/mol. The van der Waals surface area contributed by atoms with Crippen LogP contribution in [-0.2, 0) is 4.74 Å². The zero-order valence-electron chi connectivity index (χ0n) is 13.3. The van der Waals surface area contributed by atoms with Crippen molar-refractivity contribution in [2.45, 2.75) is 12.2 Å². The van der Waals surface area contributed by atoms with E-state index in [-0.39, 0.29) is 137 Å². The predicted octanol–water partition coefficient (Wildman–Crippen LogP) is -13.2. The van der Waals surface area contributed by atoms with E-state index in [1.165, 1.54) is 7.11 Å². The largest absolute Gasteiger partial charge is 1.00 e. The van der Waals surface area contributed by atoms with E-state index in [2.05, 4.69) is 4.74 Å². The van der Waals surface area contributed by atoms with Gasteiger partial charge in [0, 0.05) is 7.11 Å². The SMILES string of the molecule is CO[C@@H](CO)[C@H](O)CO.[H-].[H-].[H-].[H-].[Na+].[Na+].[Na+].[Na+]. The Kier molecular flexibility index (Phi) is 49.1. The molecule has 0 aromatic heterocycles. The molecule has 0 aromatic carbocycles. The number of rotatable bonds is 4. The second-order valence-corrected chi connectivity index (χ2v) is 1.71. The minimum Gasteiger partial charge on any atom is -1.00 e. The van der Waals surface area contributed by atoms with E-state index < -0.39 is 12.2 Å². The molecule has 2 atom stereocenters. The first kappa shape index (κ1) is 30.1. The monoisotopic (exact) mass is 232 g/mol. The summed E-state index contributed by atoms with van der Waals surface area (Å²) in [6.07, 6.45) is -1.66. The van der Waals surface area contributed by atoms with Crippen LogP contribution in [0.1, 0.15) is 5.71 Å². The fourth-order valence-electron chi connectivity index (χ4n) is 0.471. The van der Waals surface area contributed by atoms with Crippen LogP contribution in [0, 0.1) is 0 Å². The van der Waals surface area contributed by atoms with Gasteiger partial charge in [-0.05, 0) is 0 Å². The van der Waals surface area contributed by atoms with Gasteiger partial charge in [0.2, 0.25) is 0 Å². The van der Waals surface area contributed by atoms with Crippen molar-refractivity contribution in [3.63, 3.8) is 0 Å². The molecule has 0 aliphatic carbocycles. The Bertz CT molecular complexity index is 86.9. The molecule has 0 fully saturated rings. The summed E-state index contributed by atoms with van der Waals surface area (Å²) in [6.45, 7) is -0.669. The van der Waals surface area contributed by atoms with Gasteiger partial charge in [-0.3, -0.25) is 0 Å². The summed E-state index contributed by atoms with van der Waals surface area (Å²) in [7, 11) is 1.36. The first-order chi connectivity index (χ1) is 4.26. The van der Waals surface area contributed by atoms with Crippen molar-refractivity contribution in [2.24, 2.45) is 0 Å². The summed E-state index contributed by atoms with van der Waals surface area (Å²) in [6, 6.07) is 0. The molecule has 0 amide bonds. The zero-order chi connectivity index (χ0) is 7.28. The fourth-order valence-corrected chi connectivity index (χ4v) is 0.471. The van der Waals surface area contributed by atoms with Crippen LogP contribution in [0.2, 0.25) is 0 Å². The summed E-state index contributed by atoms with van der Waals surface area (Å²) in [5, 5.41) is 25.5. The second-order valence-electron chi connectivity index (χ2n) is 1.71. The standard InChI is InChI=1S/C5H12O4.4Na.4H/c1-9-5(3-7)4(8)2-6;;;;;;;;/h4-8H,2-3H2,1H3;;;;;;;;/q;4*+1;4*-1/t4-,5+;;;;;;;;/m1......../s1. The third-order valence-electron chi connectivity index (χ3n) is 1.10. The summed E-state index contributed by atoms with van der Waals surface area (Å²) in [5.74, 6) is 0. The first-order valence-electron chi connectivity index (χ1n) is 2.68. The Balaban J connectivity index is -0.0000000114. The van der Waals surface area contributed by atoms with E-state index >= 15 is 0 Å². The quantitative estimate of drug-likeness (QED) is 0.421. The molecule has 0 rings (SSSR count). The molecule has 0 radical (unpaired) electrons. The van der Waals surface area contributed by atoms with Crippen LogP contribution >= 0.6 is 0 Å². The number of ether oxygens (including phenoxy) is 1. The molecule has 3 N–H and O–H groups in total. The van der Waals surface area contributed by atoms with Crippen LogP contribution in [-0.4, -0.2) is 47.9 Å². The van der Waals surface area contributed by atoms with Gasteiger partial charge in [-0.15, -0.1) is 0 Å². The smallest absolute Gasteiger partial charge is 1.00 e. The minimum absolute atomic E-state index is 0. The molecule has 4 nitrogen and oxygen atoms in total. The molecule has 0 heterocycles. The van der Waals surface area contributed by atoms with Gasteiger partial charge in [-0.2, -0.15) is 0 Å². The van der Waals surface area contributed by atoms with E-state index in [0.717, 1.165) is 0 Å². The Morgan fingerprint density at radius 1 is 1.08 bits per heavy atom. The van der Waals surface area contributed by atoms with Crippen LogP contribution in [0.4, 0.5) is 0 Å². The maximum Gasteiger partial charge on any atom is 1.00 e. The summed E-state index contributed by atoms with van der Waals surface area (Å²) < 4.78 is 4.59. The van der Waals surface area contributed by atoms with E-state index in [4.69, 9.17) is 15.3 Å². The number of methoxy groups -OCH3 is 1. The van der Waals surface area contributed by atoms with Crippen LogP contribution in [0.15, 0.2) is 0 Å². The molecule has 0 spiro atoms. The van der Waals surface area contributed by atoms with Gasteiger partial charge in [0.1, 0.15) is 12.2 Å². The predicted molar refractivity (Wildman–Crippen MR) is 35.4 cm³/mol. The van der Waals surface area contributed by atoms with E-state index in [9.17, 15) is 0 Å². The maximum atomic E-state index is 8.78. The van der Waals surface area contributed by atoms with Gasteiger partial charge < -0.3 is 25.8 Å². The summed E-state index contributed by atoms with van der Waals surface area (Å²) >= 11 is 0. The van der Waals surface area contributed by atoms with E-state index in [1.54, 1.807) is 0 Å². The van der Waals surface area contributed by atoms with E-state index in [0.29, 0.717) is 0 Å². The van der Waals surface area contributed by atoms with Gasteiger partial charge >= 0.3 is 118 Å². The van der Waals surface area contributed by atoms with Crippen molar-refractivity contribution >= 4 is 0 Å². The Morgan fingerprint density at radius 2 is 1.46 bits per heavy atom. The number of hydrogen-bond donors (Lipinski definition) is 3. The second kappa shape index (κ2) is 21.2. The first-order valence-corrected chi connectivity index (χ1v) is 2.68. The van der Waals surface area contributed by atoms with Gasteiger partial charge in [-0.25, -0.2) is 0 Å². The van der Waals surface area contributed by atoms with Crippen molar-refractivity contribution in [1.29, 1.82) is 0 Å². The van der Waals surface area contributed by atoms with Gasteiger partial charge in [0.05, 0.1) is 13.2 Å². The van der Waals surface area contributed by atoms with Crippen molar-refractivity contribution in [2.75, 3.05) is 20.3 Å². The number of aliphatic hydroxyl groups is 3. The normalized spacial score (nSPS) is 12.0. The van der Waals surface area contributed by atoms with Gasteiger partial charge in [0.25, 0.3) is 0 Å². The molecule has 0 bridgehead atoms. The van der Waals surface area contributed by atoms with Crippen molar-refractivity contribution in [3.05, 3.63) is 0 Å². The van der Waals surface area contributed by atoms with Crippen molar-refractivity contribution in [1.82, 2.24) is 0 Å². The van der Waals surface area contributed by atoms with Crippen LogP contribution in [0.25, 0.3) is 0 Å². The Morgan fingerprint density at radius 3 is 1.54 bits per heavy atom. The summed E-state index contributed by atoms with van der Waals surface area (Å²) in [5.41, 5.74) is 0. The molecule has 13 heavy (non-hydrogen) atoms. The molecular weight excluding hydrogens is 216 g/mol. The number of hydrogen-bond acceptors (Lipinski definition) is 4. The van der Waals surface area contributed by atoms with Crippen LogP contribution in [0.5, 0.6) is 0 Å². The van der Waals surface area contributed by atoms with Crippen molar-refractivity contribution < 1.29 is 144 Å².